The van der Waals surface area contributed by atoms with E-state index >= 15 is 0 Å². The van der Waals surface area contributed by atoms with Crippen molar-refractivity contribution >= 4 is 91.2 Å². The van der Waals surface area contributed by atoms with Gasteiger partial charge in [-0.1, -0.05) is 112 Å². The Morgan fingerprint density at radius 2 is 0.793 bits per heavy atom. The maximum atomic E-state index is 13.0. The molecule has 0 aliphatic carbocycles. The van der Waals surface area contributed by atoms with E-state index in [0.717, 1.165) is 42.4 Å². The molecule has 3 aromatic rings. The Morgan fingerprint density at radius 3 is 1.04 bits per heavy atom. The number of esters is 4. The average Bonchev–Trinajstić information content (AvgIpc) is 1.52. The Hall–Kier alpha value is -6.33. The Labute approximate surface area is 563 Å². The van der Waals surface area contributed by atoms with Gasteiger partial charge in [0.05, 0.1) is 28.4 Å². The molecule has 10 unspecified atom stereocenters. The van der Waals surface area contributed by atoms with Crippen molar-refractivity contribution in [3.63, 3.8) is 0 Å². The van der Waals surface area contributed by atoms with Crippen molar-refractivity contribution in [2.24, 2.45) is 0 Å². The first kappa shape index (κ1) is 76.4. The van der Waals surface area contributed by atoms with Crippen LogP contribution in [0, 0.1) is 5.82 Å². The van der Waals surface area contributed by atoms with Crippen LogP contribution in [0.3, 0.4) is 0 Å². The number of likely N-dealkylation sites (tertiary alicyclic amines) is 3. The van der Waals surface area contributed by atoms with Crippen molar-refractivity contribution in [3.05, 3.63) is 107 Å². The number of alkyl halides is 2. The number of hydrogen-bond donors (Lipinski definition) is 7. The zero-order valence-corrected chi connectivity index (χ0v) is 55.6. The summed E-state index contributed by atoms with van der Waals surface area (Å²) in [4.78, 5) is 122. The Bertz CT molecular complexity index is 3030. The summed E-state index contributed by atoms with van der Waals surface area (Å²) in [6.07, 6.45) is 6.77. The van der Waals surface area contributed by atoms with E-state index in [1.165, 1.54) is 40.6 Å². The van der Waals surface area contributed by atoms with E-state index < -0.39 is 33.2 Å². The first-order chi connectivity index (χ1) is 42.1. The molecular formula is C62H83Br2FN10O16Pd. The van der Waals surface area contributed by atoms with Crippen molar-refractivity contribution in [1.29, 1.82) is 0 Å². The van der Waals surface area contributed by atoms with Gasteiger partial charge in [-0.2, -0.15) is 0 Å². The van der Waals surface area contributed by atoms with Gasteiger partial charge in [-0.25, -0.2) is 4.39 Å². The number of methoxy groups -OCH3 is 4. The molecule has 6 spiro atoms. The standard InChI is InChI=1S/C15H16FN3O2.C15H17N3O2.C15H19NO4.C8H12Br2O4.C8H11N3O2.CH4.2H2O.Pd/c16-11-3-1-10(2-4-11)7-19-14(8-17-12(14)20)5-6-15(19)9-18-13(15)21;19-12-14(9-16-12)6-7-15(10-17-13(15)20)18(14)8-11-4-2-1-3-5-11;1-19-14(17)12-8-9-13(15(18)20-2)16(12)10-11-6-4-3-5-7-11;1-13-7(11)5(9)3-4-6(10)8(12)14-2;12-5-7(3-9-5)1-2-8(11-7)4-10-6(8)13;;;;/h1-4H,5-9H2,(H,17,20)(H,18,21);1-5H,6-10H2,(H,16,19)(H,17,20);3-7,12-13H,8-10H2,1-2H3;5-6H,3-4H2,1-2H3;11H,1-4H2,(H,9,12)(H,10,13);1H4;2*1H2;. The van der Waals surface area contributed by atoms with Gasteiger partial charge in [0.2, 0.25) is 35.4 Å². The monoisotopic (exact) mass is 1510 g/mol. The van der Waals surface area contributed by atoms with Crippen LogP contribution in [0.15, 0.2) is 84.9 Å². The van der Waals surface area contributed by atoms with Gasteiger partial charge in [0.25, 0.3) is 0 Å². The van der Waals surface area contributed by atoms with Crippen LogP contribution in [0.2, 0.25) is 0 Å². The second-order valence-corrected chi connectivity index (χ2v) is 25.9. The van der Waals surface area contributed by atoms with Gasteiger partial charge in [0.1, 0.15) is 60.8 Å². The number of benzene rings is 3. The largest absolute Gasteiger partial charge is 0.468 e. The van der Waals surface area contributed by atoms with Crippen molar-refractivity contribution in [1.82, 2.24) is 51.9 Å². The van der Waals surface area contributed by atoms with Gasteiger partial charge in [-0.05, 0) is 93.0 Å². The normalized spacial score (nSPS) is 29.3. The number of carbonyl (C=O) groups is 10. The molecule has 10 fully saturated rings. The van der Waals surface area contributed by atoms with Crippen LogP contribution in [0.5, 0.6) is 0 Å². The van der Waals surface area contributed by atoms with Crippen LogP contribution in [0.1, 0.15) is 88.3 Å². The summed E-state index contributed by atoms with van der Waals surface area (Å²) in [5.41, 5.74) is 0.218. The number of β-lactam (4-membered cyclic amide) rings is 6. The third-order valence-corrected chi connectivity index (χ3v) is 20.6. The average molecular weight is 1510 g/mol. The Balaban J connectivity index is 0.000000209. The summed E-state index contributed by atoms with van der Waals surface area (Å²) in [5, 5.41) is 19.9. The Kier molecular flexibility index (Phi) is 26.3. The number of hydrogen-bond acceptors (Lipinski definition) is 18. The minimum absolute atomic E-state index is 0. The summed E-state index contributed by atoms with van der Waals surface area (Å²) in [6.45, 7) is 5.50. The summed E-state index contributed by atoms with van der Waals surface area (Å²) >= 11 is 6.31. The number of amides is 6. The molecule has 11 N–H and O–H groups in total. The molecule has 10 aliphatic heterocycles. The number of nitrogens with one attached hydrogen (secondary N) is 7. The first-order valence-corrected chi connectivity index (χ1v) is 31.2. The summed E-state index contributed by atoms with van der Waals surface area (Å²) < 4.78 is 31.7. The molecule has 0 aromatic heterocycles. The van der Waals surface area contributed by atoms with E-state index in [4.69, 9.17) is 9.47 Å². The minimum Gasteiger partial charge on any atom is -0.468 e. The fraction of sp³-hybridized carbons (Fsp3) is 0.548. The Morgan fingerprint density at radius 1 is 0.478 bits per heavy atom. The molecule has 3 aromatic carbocycles. The van der Waals surface area contributed by atoms with Crippen molar-refractivity contribution in [2.75, 3.05) is 67.7 Å². The van der Waals surface area contributed by atoms with Crippen LogP contribution in [-0.2, 0) is 107 Å². The van der Waals surface area contributed by atoms with Gasteiger partial charge in [-0.15, -0.1) is 0 Å². The molecule has 10 atom stereocenters. The SMILES string of the molecule is C.COC(=O)C(Br)CCC(Br)C(=O)OC.COC(=O)C1CCC(C(=O)OC)N1Cc1ccccc1.O.O.O=C1NCC12CCC1(CNC1=O)N2.O=C1NCC12CCC1(CNC1=O)N2Cc1ccc(F)cc1.O=C1NCC12CCC1(CNC1=O)N2Cc1ccccc1.[Pd]. The molecule has 0 radical (unpaired) electrons. The van der Waals surface area contributed by atoms with Crippen molar-refractivity contribution in [3.8, 4) is 0 Å². The zero-order valence-electron chi connectivity index (χ0n) is 50.8. The minimum atomic E-state index is -0.563. The number of carbonyl (C=O) groups excluding carboxylic acids is 10. The molecule has 508 valence electrons. The molecule has 10 heterocycles. The van der Waals surface area contributed by atoms with Gasteiger partial charge in [0, 0.05) is 79.3 Å². The van der Waals surface area contributed by atoms with Crippen LogP contribution >= 0.6 is 31.9 Å². The smallest absolute Gasteiger partial charge is 0.323 e. The van der Waals surface area contributed by atoms with Crippen LogP contribution < -0.4 is 37.2 Å². The second-order valence-electron chi connectivity index (χ2n) is 23.7. The van der Waals surface area contributed by atoms with Crippen molar-refractivity contribution in [2.45, 2.75) is 146 Å². The predicted molar refractivity (Wildman–Crippen MR) is 335 cm³/mol. The third-order valence-electron chi connectivity index (χ3n) is 18.9. The van der Waals surface area contributed by atoms with E-state index in [-0.39, 0.29) is 126 Å². The maximum Gasteiger partial charge on any atom is 0.323 e. The van der Waals surface area contributed by atoms with Gasteiger partial charge in [0.15, 0.2) is 0 Å². The molecule has 0 bridgehead atoms. The van der Waals surface area contributed by atoms with Crippen LogP contribution in [0.25, 0.3) is 0 Å². The first-order valence-electron chi connectivity index (χ1n) is 29.3. The number of halogens is 3. The summed E-state index contributed by atoms with van der Waals surface area (Å²) in [5.74, 6) is -1.32. The quantitative estimate of drug-likeness (QED) is 0.0397. The summed E-state index contributed by atoms with van der Waals surface area (Å²) in [7, 11) is 5.38. The van der Waals surface area contributed by atoms with E-state index in [0.29, 0.717) is 97.4 Å². The molecule has 0 saturated carbocycles. The van der Waals surface area contributed by atoms with Gasteiger partial charge < -0.3 is 61.8 Å². The van der Waals surface area contributed by atoms with E-state index in [2.05, 4.69) is 83.5 Å². The van der Waals surface area contributed by atoms with Crippen LogP contribution in [-0.4, -0.2) is 208 Å². The topological polar surface area (TPSA) is 365 Å². The van der Waals surface area contributed by atoms with Gasteiger partial charge in [-0.3, -0.25) is 68.0 Å². The molecule has 30 heteroatoms. The molecule has 26 nitrogen and oxygen atoms in total. The zero-order chi connectivity index (χ0) is 63.2. The van der Waals surface area contributed by atoms with Crippen molar-refractivity contribution < 1.29 is 103 Å². The van der Waals surface area contributed by atoms with Crippen LogP contribution in [0.4, 0.5) is 4.39 Å². The molecular weight excluding hydrogens is 1430 g/mol. The maximum absolute atomic E-state index is 13.0. The molecule has 10 saturated heterocycles. The molecule has 6 amide bonds. The molecule has 92 heavy (non-hydrogen) atoms. The second kappa shape index (κ2) is 31.7. The van der Waals surface area contributed by atoms with Gasteiger partial charge >= 0.3 is 23.9 Å². The number of nitrogens with zero attached hydrogens (tertiary/aromatic N) is 3. The van der Waals surface area contributed by atoms with E-state index in [9.17, 15) is 52.3 Å². The third kappa shape index (κ3) is 14.8. The van der Waals surface area contributed by atoms with E-state index in [1.807, 2.05) is 70.5 Å². The molecule has 10 aliphatic rings. The fourth-order valence-corrected chi connectivity index (χ4v) is 14.2. The molecule has 13 rings (SSSR count). The fourth-order valence-electron chi connectivity index (χ4n) is 13.3. The predicted octanol–water partition coefficient (Wildman–Crippen LogP) is 0.275. The number of rotatable bonds is 13. The number of ether oxygens (including phenoxy) is 4. The summed E-state index contributed by atoms with van der Waals surface area (Å²) in [6, 6.07) is 25.3. The van der Waals surface area contributed by atoms with E-state index in [1.54, 1.807) is 12.1 Å².